The molecule has 0 aromatic heterocycles. The van der Waals surface area contributed by atoms with Crippen LogP contribution < -0.4 is 5.32 Å². The van der Waals surface area contributed by atoms with Gasteiger partial charge in [-0.3, -0.25) is 0 Å². The molecule has 3 heteroatoms. The van der Waals surface area contributed by atoms with E-state index in [9.17, 15) is 4.79 Å². The first kappa shape index (κ1) is 17.0. The van der Waals surface area contributed by atoms with Gasteiger partial charge in [0.25, 0.3) is 0 Å². The molecule has 0 aliphatic rings. The minimum absolute atomic E-state index is 0.177. The van der Waals surface area contributed by atoms with Crippen LogP contribution in [0.25, 0.3) is 0 Å². The highest BCUT2D eigenvalue weighted by Crippen LogP contribution is 1.94. The molecule has 0 aromatic carbocycles. The fraction of sp³-hybridized carbons (Fsp3) is 0.917. The average Bonchev–Trinajstić information content (AvgIpc) is 2.20. The molecular weight excluding hydrogens is 188 g/mol. The number of nitrogens with zero attached hydrogens (tertiary/aromatic N) is 1. The minimum atomic E-state index is 0.177. The fourth-order valence-corrected chi connectivity index (χ4v) is 1.26. The van der Waals surface area contributed by atoms with Crippen LogP contribution in [-0.4, -0.2) is 44.4 Å². The maximum Gasteiger partial charge on any atom is 0.124 e. The Hall–Kier alpha value is -0.410. The van der Waals surface area contributed by atoms with Gasteiger partial charge in [0.05, 0.1) is 0 Å². The summed E-state index contributed by atoms with van der Waals surface area (Å²) < 4.78 is 0. The molecule has 0 amide bonds. The third-order valence-corrected chi connectivity index (χ3v) is 1.94. The van der Waals surface area contributed by atoms with Crippen molar-refractivity contribution in [2.75, 3.05) is 33.2 Å². The third kappa shape index (κ3) is 16.3. The van der Waals surface area contributed by atoms with Crippen LogP contribution in [-0.2, 0) is 4.79 Å². The average molecular weight is 216 g/mol. The molecule has 0 fully saturated rings. The maximum absolute atomic E-state index is 10.2. The number of rotatable bonds is 7. The summed E-state index contributed by atoms with van der Waals surface area (Å²) in [4.78, 5) is 12.4. The van der Waals surface area contributed by atoms with Crippen LogP contribution in [0.1, 0.15) is 34.1 Å². The van der Waals surface area contributed by atoms with E-state index in [1.807, 2.05) is 14.0 Å². The number of hydrogen-bond acceptors (Lipinski definition) is 3. The van der Waals surface area contributed by atoms with E-state index in [0.29, 0.717) is 0 Å². The lowest BCUT2D eigenvalue weighted by atomic mass is 10.2. The van der Waals surface area contributed by atoms with Crippen molar-refractivity contribution in [2.45, 2.75) is 34.1 Å². The van der Waals surface area contributed by atoms with E-state index in [4.69, 9.17) is 0 Å². The molecule has 0 aliphatic carbocycles. The van der Waals surface area contributed by atoms with Crippen LogP contribution >= 0.6 is 0 Å². The summed E-state index contributed by atoms with van der Waals surface area (Å²) in [5, 5.41) is 3.11. The van der Waals surface area contributed by atoms with Crippen LogP contribution in [0.15, 0.2) is 0 Å². The normalized spacial score (nSPS) is 11.9. The van der Waals surface area contributed by atoms with E-state index in [1.165, 1.54) is 0 Å². The van der Waals surface area contributed by atoms with Crippen LogP contribution in [0.4, 0.5) is 0 Å². The van der Waals surface area contributed by atoms with Crippen molar-refractivity contribution < 1.29 is 4.79 Å². The fourth-order valence-electron chi connectivity index (χ4n) is 1.26. The van der Waals surface area contributed by atoms with Crippen LogP contribution in [0.5, 0.6) is 0 Å². The predicted octanol–water partition coefficient (Wildman–Crippen LogP) is 1.78. The molecule has 1 atom stereocenters. The molecule has 15 heavy (non-hydrogen) atoms. The first-order valence-electron chi connectivity index (χ1n) is 5.96. The van der Waals surface area contributed by atoms with E-state index in [1.54, 1.807) is 0 Å². The Morgan fingerprint density at radius 2 is 1.80 bits per heavy atom. The monoisotopic (exact) mass is 216 g/mol. The van der Waals surface area contributed by atoms with Crippen molar-refractivity contribution >= 4 is 6.29 Å². The number of nitrogens with one attached hydrogen (secondary N) is 1. The standard InChI is InChI=1S/C8H17NO.C4H11N/c1-4-5-9(3)6-8(2)7-10;1-3-5-4-2/h7-8H,4-6H2,1-3H3;5H,3-4H2,1-2H3. The molecule has 0 spiro atoms. The number of carbonyl (C=O) groups excluding carboxylic acids is 1. The van der Waals surface area contributed by atoms with Gasteiger partial charge in [0.15, 0.2) is 0 Å². The predicted molar refractivity (Wildman–Crippen MR) is 67.2 cm³/mol. The molecule has 1 unspecified atom stereocenters. The van der Waals surface area contributed by atoms with E-state index < -0.39 is 0 Å². The summed E-state index contributed by atoms with van der Waals surface area (Å²) in [6.45, 7) is 12.4. The van der Waals surface area contributed by atoms with E-state index in [-0.39, 0.29) is 5.92 Å². The van der Waals surface area contributed by atoms with E-state index in [2.05, 4.69) is 31.0 Å². The van der Waals surface area contributed by atoms with Crippen LogP contribution in [0.2, 0.25) is 0 Å². The van der Waals surface area contributed by atoms with Gasteiger partial charge in [0, 0.05) is 12.5 Å². The Labute approximate surface area is 95.2 Å². The topological polar surface area (TPSA) is 32.3 Å². The summed E-state index contributed by atoms with van der Waals surface area (Å²) in [5.41, 5.74) is 0. The zero-order valence-corrected chi connectivity index (χ0v) is 11.0. The van der Waals surface area contributed by atoms with Gasteiger partial charge in [-0.15, -0.1) is 0 Å². The molecular formula is C12H28N2O. The Morgan fingerprint density at radius 3 is 2.07 bits per heavy atom. The van der Waals surface area contributed by atoms with Gasteiger partial charge in [-0.2, -0.15) is 0 Å². The summed E-state index contributed by atoms with van der Waals surface area (Å²) in [5.74, 6) is 0.177. The molecule has 0 bridgehead atoms. The van der Waals surface area contributed by atoms with Crippen molar-refractivity contribution in [1.29, 1.82) is 0 Å². The van der Waals surface area contributed by atoms with Gasteiger partial charge in [0.2, 0.25) is 0 Å². The Bertz CT molecular complexity index is 127. The largest absolute Gasteiger partial charge is 0.317 e. The lowest BCUT2D eigenvalue weighted by molar-refractivity contribution is -0.111. The molecule has 1 N–H and O–H groups in total. The molecule has 0 heterocycles. The highest BCUT2D eigenvalue weighted by atomic mass is 16.1. The van der Waals surface area contributed by atoms with Gasteiger partial charge < -0.3 is 15.0 Å². The minimum Gasteiger partial charge on any atom is -0.317 e. The Balaban J connectivity index is 0. The first-order chi connectivity index (χ1) is 7.12. The van der Waals surface area contributed by atoms with Gasteiger partial charge in [-0.25, -0.2) is 0 Å². The van der Waals surface area contributed by atoms with Crippen molar-refractivity contribution in [1.82, 2.24) is 10.2 Å². The van der Waals surface area contributed by atoms with Crippen molar-refractivity contribution in [3.8, 4) is 0 Å². The molecule has 0 aromatic rings. The highest BCUT2D eigenvalue weighted by molar-refractivity contribution is 5.52. The van der Waals surface area contributed by atoms with Crippen LogP contribution in [0, 0.1) is 5.92 Å². The van der Waals surface area contributed by atoms with Gasteiger partial charge >= 0.3 is 0 Å². The zero-order valence-electron chi connectivity index (χ0n) is 11.0. The first-order valence-corrected chi connectivity index (χ1v) is 5.96. The molecule has 0 rings (SSSR count). The number of aldehydes is 1. The zero-order chi connectivity index (χ0) is 12.1. The lowest BCUT2D eigenvalue weighted by Crippen LogP contribution is -2.25. The second-order valence-electron chi connectivity index (χ2n) is 3.83. The van der Waals surface area contributed by atoms with Gasteiger partial charge in [-0.05, 0) is 33.1 Å². The summed E-state index contributed by atoms with van der Waals surface area (Å²) in [6, 6.07) is 0. The molecule has 0 saturated heterocycles. The van der Waals surface area contributed by atoms with Gasteiger partial charge in [0.1, 0.15) is 6.29 Å². The Morgan fingerprint density at radius 1 is 1.27 bits per heavy atom. The second-order valence-corrected chi connectivity index (χ2v) is 3.83. The Kier molecular flexibility index (Phi) is 15.4. The third-order valence-electron chi connectivity index (χ3n) is 1.94. The van der Waals surface area contributed by atoms with E-state index in [0.717, 1.165) is 38.9 Å². The van der Waals surface area contributed by atoms with Crippen molar-refractivity contribution in [3.05, 3.63) is 0 Å². The molecule has 0 aliphatic heterocycles. The molecule has 3 nitrogen and oxygen atoms in total. The molecule has 0 radical (unpaired) electrons. The van der Waals surface area contributed by atoms with E-state index >= 15 is 0 Å². The highest BCUT2D eigenvalue weighted by Gasteiger charge is 2.02. The molecule has 92 valence electrons. The van der Waals surface area contributed by atoms with Gasteiger partial charge in [-0.1, -0.05) is 27.7 Å². The maximum atomic E-state index is 10.2. The number of carbonyl (C=O) groups is 1. The second kappa shape index (κ2) is 13.6. The smallest absolute Gasteiger partial charge is 0.124 e. The summed E-state index contributed by atoms with van der Waals surface area (Å²) in [6.07, 6.45) is 2.16. The van der Waals surface area contributed by atoms with Crippen molar-refractivity contribution in [3.63, 3.8) is 0 Å². The summed E-state index contributed by atoms with van der Waals surface area (Å²) >= 11 is 0. The lowest BCUT2D eigenvalue weighted by Gasteiger charge is -2.16. The van der Waals surface area contributed by atoms with Crippen molar-refractivity contribution in [2.24, 2.45) is 5.92 Å². The number of hydrogen-bond donors (Lipinski definition) is 1. The molecule has 0 saturated carbocycles. The summed E-state index contributed by atoms with van der Waals surface area (Å²) in [7, 11) is 2.05. The van der Waals surface area contributed by atoms with Crippen LogP contribution in [0.3, 0.4) is 0 Å². The SMILES string of the molecule is CCCN(C)CC(C)C=O.CCNCC. The quantitative estimate of drug-likeness (QED) is 0.658.